The number of alkyl halides is 1. The maximum absolute atomic E-state index is 5.96. The largest absolute Gasteiger partial charge is 0.126 e. The molecule has 0 amide bonds. The Morgan fingerprint density at radius 3 is 0.484 bits per heavy atom. The highest BCUT2D eigenvalue weighted by atomic mass is 35.5. The smallest absolute Gasteiger partial charge is 0.0256 e. The third-order valence-electron chi connectivity index (χ3n) is 20.6. The van der Waals surface area contributed by atoms with E-state index in [0.29, 0.717) is 92.6 Å². The van der Waals surface area contributed by atoms with Crippen LogP contribution < -0.4 is 0 Å². The van der Waals surface area contributed by atoms with E-state index >= 15 is 0 Å². The Labute approximate surface area is 617 Å². The maximum Gasteiger partial charge on any atom is 0.0256 e. The summed E-state index contributed by atoms with van der Waals surface area (Å²) >= 11 is 5.96. The fourth-order valence-corrected chi connectivity index (χ4v) is 14.3. The van der Waals surface area contributed by atoms with Crippen LogP contribution in [0.2, 0.25) is 0 Å². The molecule has 0 aromatic carbocycles. The Balaban J connectivity index is -0.000000187. The minimum atomic E-state index is 0.342. The molecule has 0 nitrogen and oxygen atoms in total. The molecule has 1 fully saturated rings. The minimum Gasteiger partial charge on any atom is -0.126 e. The molecular formula is C94H201Cl. The molecule has 95 heavy (non-hydrogen) atoms. The summed E-state index contributed by atoms with van der Waals surface area (Å²) in [7, 11) is 0. The predicted molar refractivity (Wildman–Crippen MR) is 452 cm³/mol. The van der Waals surface area contributed by atoms with Gasteiger partial charge < -0.3 is 0 Å². The van der Waals surface area contributed by atoms with E-state index in [1.165, 1.54) is 103 Å². The van der Waals surface area contributed by atoms with Gasteiger partial charge in [0.05, 0.1) is 0 Å². The van der Waals surface area contributed by atoms with Crippen molar-refractivity contribution in [3.8, 4) is 0 Å². The summed E-state index contributed by atoms with van der Waals surface area (Å²) in [4.78, 5) is 0. The Morgan fingerprint density at radius 1 is 0.242 bits per heavy atom. The van der Waals surface area contributed by atoms with Crippen molar-refractivity contribution in [3.05, 3.63) is 0 Å². The van der Waals surface area contributed by atoms with Gasteiger partial charge in [0.1, 0.15) is 0 Å². The highest BCUT2D eigenvalue weighted by Crippen LogP contribution is 2.49. The fourth-order valence-electron chi connectivity index (χ4n) is 13.7. The van der Waals surface area contributed by atoms with Crippen LogP contribution in [-0.2, 0) is 0 Å². The molecule has 0 radical (unpaired) electrons. The van der Waals surface area contributed by atoms with Gasteiger partial charge in [-0.1, -0.05) is 405 Å². The first-order chi connectivity index (χ1) is 40.9. The molecule has 0 aliphatic heterocycles. The third kappa shape index (κ3) is 71.1. The molecule has 0 aromatic rings. The zero-order chi connectivity index (χ0) is 78.6. The first-order valence-corrected chi connectivity index (χ1v) is 41.0. The molecule has 584 valence electrons. The second kappa shape index (κ2) is 43.5. The molecule has 0 aromatic heterocycles. The van der Waals surface area contributed by atoms with E-state index in [0.717, 1.165) is 47.3 Å². The number of halogens is 1. The second-order valence-electron chi connectivity index (χ2n) is 49.8. The highest BCUT2D eigenvalue weighted by molar-refractivity contribution is 6.18. The van der Waals surface area contributed by atoms with Crippen LogP contribution in [0.1, 0.15) is 470 Å². The zero-order valence-electron chi connectivity index (χ0n) is 78.0. The average Bonchev–Trinajstić information content (AvgIpc) is 0.814. The van der Waals surface area contributed by atoms with Crippen LogP contribution in [-0.4, -0.2) is 5.88 Å². The quantitative estimate of drug-likeness (QED) is 0.171. The van der Waals surface area contributed by atoms with E-state index in [1.54, 1.807) is 0 Å². The lowest BCUT2D eigenvalue weighted by Gasteiger charge is -2.46. The molecule has 0 N–H and O–H groups in total. The molecule has 0 bridgehead atoms. The molecular weight excluding hydrogens is 1160 g/mol. The molecule has 0 spiro atoms. The highest BCUT2D eigenvalue weighted by Gasteiger charge is 2.40. The standard InChI is InChI=1S/C14H28.4C12H26.C11H23Cl.C11H24.C10H22/c1-13(2,3)11-9-7-8-10-12(11)14(4,5)6;4*1-8-10(12(5,6)7)9-11(2,3)4;1-10(2,3)7-9(8-12)11(4,5)6;1-9(11(5,6)7)8-10(2,3)4;1-9(2,3)7-8-10(4,5)6/h11-12H,7-10H2,1-6H3;4*10H,8-9H2,1-7H3;9H,7-8H2,1-6H3;9H,8H2,1-7H3;7-8H2,1-6H3. The molecule has 8 unspecified atom stereocenters. The van der Waals surface area contributed by atoms with Crippen molar-refractivity contribution in [2.24, 2.45) is 134 Å². The van der Waals surface area contributed by atoms with Gasteiger partial charge in [0.15, 0.2) is 0 Å². The third-order valence-corrected chi connectivity index (χ3v) is 21.0. The maximum atomic E-state index is 5.96. The lowest BCUT2D eigenvalue weighted by molar-refractivity contribution is 0.0335. The van der Waals surface area contributed by atoms with E-state index in [1.807, 2.05) is 0 Å². The molecule has 1 saturated carbocycles. The van der Waals surface area contributed by atoms with Crippen molar-refractivity contribution in [1.29, 1.82) is 0 Å². The first-order valence-electron chi connectivity index (χ1n) is 40.5. The lowest BCUT2D eigenvalue weighted by Crippen LogP contribution is -2.38. The summed E-state index contributed by atoms with van der Waals surface area (Å²) in [6.07, 6.45) is 21.6. The van der Waals surface area contributed by atoms with Gasteiger partial charge in [0.2, 0.25) is 0 Å². The summed E-state index contributed by atoms with van der Waals surface area (Å²) in [6.45, 7) is 124. The Hall–Kier alpha value is 0.290. The van der Waals surface area contributed by atoms with Crippen LogP contribution in [0, 0.1) is 134 Å². The summed E-state index contributed by atoms with van der Waals surface area (Å²) in [5, 5.41) is 0. The van der Waals surface area contributed by atoms with E-state index in [9.17, 15) is 0 Å². The molecule has 1 heteroatoms. The van der Waals surface area contributed by atoms with Crippen LogP contribution in [0.5, 0.6) is 0 Å². The Bertz CT molecular complexity index is 1570. The van der Waals surface area contributed by atoms with Gasteiger partial charge in [-0.3, -0.25) is 0 Å². The molecule has 1 rings (SSSR count). The van der Waals surface area contributed by atoms with Gasteiger partial charge in [0, 0.05) is 5.88 Å². The second-order valence-corrected chi connectivity index (χ2v) is 50.1. The first kappa shape index (κ1) is 109. The fraction of sp³-hybridized carbons (Fsp3) is 1.00. The predicted octanol–water partition coefficient (Wildman–Crippen LogP) is 35.2. The van der Waals surface area contributed by atoms with Crippen LogP contribution in [0.3, 0.4) is 0 Å². The number of hydrogen-bond donors (Lipinski definition) is 0. The Morgan fingerprint density at radius 2 is 0.411 bits per heavy atom. The lowest BCUT2D eigenvalue weighted by atomic mass is 9.59. The van der Waals surface area contributed by atoms with Gasteiger partial charge in [-0.2, -0.15) is 0 Å². The minimum absolute atomic E-state index is 0.342. The number of hydrogen-bond acceptors (Lipinski definition) is 0. The summed E-state index contributed by atoms with van der Waals surface area (Å²) in [5.41, 5.74) is 7.51. The SMILES string of the molecule is CC(C)(C)C1CCCCC1C(C)(C)C.CC(C)(C)CC(CCl)C(C)(C)C.CC(C)(C)CCC(C)(C)C.CC(CC(C)(C)C)C(C)(C)C.CCC(CC(C)(C)C)C(C)(C)C.CCC(CC(C)(C)C)C(C)(C)C.CCC(CC(C)(C)C)C(C)(C)C.CCC(CC(C)(C)C)C(C)(C)C. The van der Waals surface area contributed by atoms with E-state index in [2.05, 4.69) is 367 Å². The van der Waals surface area contributed by atoms with Crippen LogP contribution >= 0.6 is 11.6 Å². The normalized spacial score (nSPS) is 18.1. The van der Waals surface area contributed by atoms with Crippen molar-refractivity contribution in [2.45, 2.75) is 470 Å². The van der Waals surface area contributed by atoms with E-state index in [4.69, 9.17) is 11.6 Å². The van der Waals surface area contributed by atoms with Gasteiger partial charge in [-0.05, 0) is 198 Å². The van der Waals surface area contributed by atoms with E-state index in [-0.39, 0.29) is 0 Å². The zero-order valence-corrected chi connectivity index (χ0v) is 78.8. The van der Waals surface area contributed by atoms with Crippen molar-refractivity contribution in [1.82, 2.24) is 0 Å². The van der Waals surface area contributed by atoms with Gasteiger partial charge >= 0.3 is 0 Å². The molecule has 8 atom stereocenters. The number of rotatable bonds is 12. The molecule has 0 saturated heterocycles. The molecule has 0 heterocycles. The summed E-state index contributed by atoms with van der Waals surface area (Å²) < 4.78 is 0. The Kier molecular flexibility index (Phi) is 49.8. The van der Waals surface area contributed by atoms with Crippen molar-refractivity contribution >= 4 is 11.6 Å². The topological polar surface area (TPSA) is 0 Å². The van der Waals surface area contributed by atoms with Crippen LogP contribution in [0.4, 0.5) is 0 Å². The van der Waals surface area contributed by atoms with Crippen LogP contribution in [0.25, 0.3) is 0 Å². The van der Waals surface area contributed by atoms with Crippen molar-refractivity contribution in [2.75, 3.05) is 5.88 Å². The van der Waals surface area contributed by atoms with Gasteiger partial charge in [0.25, 0.3) is 0 Å². The average molecular weight is 1370 g/mol. The van der Waals surface area contributed by atoms with Gasteiger partial charge in [-0.15, -0.1) is 11.6 Å². The van der Waals surface area contributed by atoms with Crippen molar-refractivity contribution in [3.63, 3.8) is 0 Å². The summed E-state index contributed by atoms with van der Waals surface area (Å²) in [5.74, 6) is 7.50. The van der Waals surface area contributed by atoms with Crippen molar-refractivity contribution < 1.29 is 0 Å². The van der Waals surface area contributed by atoms with Gasteiger partial charge in [-0.25, -0.2) is 0 Å². The van der Waals surface area contributed by atoms with Crippen LogP contribution in [0.15, 0.2) is 0 Å². The van der Waals surface area contributed by atoms with E-state index < -0.39 is 0 Å². The summed E-state index contributed by atoms with van der Waals surface area (Å²) in [6, 6.07) is 0. The molecule has 1 aliphatic carbocycles. The molecule has 1 aliphatic rings. The monoisotopic (exact) mass is 1370 g/mol.